The van der Waals surface area contributed by atoms with E-state index in [1.807, 2.05) is 0 Å². The smallest absolute Gasteiger partial charge is 0.335 e. The highest BCUT2D eigenvalue weighted by Crippen LogP contribution is 2.13. The third-order valence-corrected chi connectivity index (χ3v) is 2.43. The minimum Gasteiger partial charge on any atom is -0.488 e. The van der Waals surface area contributed by atoms with Gasteiger partial charge in [0.05, 0.1) is 17.9 Å². The molecular formula is C14H20N2O4. The van der Waals surface area contributed by atoms with Crippen LogP contribution in [0.3, 0.4) is 0 Å². The lowest BCUT2D eigenvalue weighted by molar-refractivity contribution is 0.0409. The Morgan fingerprint density at radius 2 is 2.25 bits per heavy atom. The summed E-state index contributed by atoms with van der Waals surface area (Å²) in [6.45, 7) is 4.73. The van der Waals surface area contributed by atoms with Crippen molar-refractivity contribution in [3.05, 3.63) is 29.8 Å². The van der Waals surface area contributed by atoms with Gasteiger partial charge in [-0.3, -0.25) is 4.84 Å². The zero-order chi connectivity index (χ0) is 14.8. The average molecular weight is 280 g/mol. The van der Waals surface area contributed by atoms with Gasteiger partial charge in [-0.1, -0.05) is 19.4 Å². The lowest BCUT2D eigenvalue weighted by Gasteiger charge is -2.07. The van der Waals surface area contributed by atoms with E-state index in [1.54, 1.807) is 19.1 Å². The molecule has 1 rings (SSSR count). The monoisotopic (exact) mass is 280 g/mol. The number of carboxylic acids is 1. The van der Waals surface area contributed by atoms with E-state index in [4.69, 9.17) is 14.7 Å². The maximum absolute atomic E-state index is 10.8. The van der Waals surface area contributed by atoms with Crippen LogP contribution in [-0.2, 0) is 4.84 Å². The molecule has 0 aliphatic carbocycles. The van der Waals surface area contributed by atoms with Crippen molar-refractivity contribution in [2.75, 3.05) is 13.2 Å². The molecule has 0 aromatic heterocycles. The number of nitrogens with one attached hydrogen (secondary N) is 1. The van der Waals surface area contributed by atoms with E-state index in [-0.39, 0.29) is 12.2 Å². The number of ether oxygens (including phenoxy) is 1. The molecule has 0 unspecified atom stereocenters. The van der Waals surface area contributed by atoms with Gasteiger partial charge >= 0.3 is 5.97 Å². The highest BCUT2D eigenvalue weighted by atomic mass is 16.7. The van der Waals surface area contributed by atoms with Crippen LogP contribution in [0.4, 0.5) is 0 Å². The lowest BCUT2D eigenvalue weighted by Crippen LogP contribution is -2.15. The molecule has 20 heavy (non-hydrogen) atoms. The Morgan fingerprint density at radius 3 is 2.95 bits per heavy atom. The first-order valence-electron chi connectivity index (χ1n) is 6.49. The predicted molar refractivity (Wildman–Crippen MR) is 76.0 cm³/mol. The van der Waals surface area contributed by atoms with E-state index in [0.717, 1.165) is 12.8 Å². The van der Waals surface area contributed by atoms with Gasteiger partial charge in [-0.15, -0.1) is 0 Å². The topological polar surface area (TPSA) is 80.1 Å². The second-order valence-corrected chi connectivity index (χ2v) is 4.26. The van der Waals surface area contributed by atoms with Crippen LogP contribution >= 0.6 is 0 Å². The number of unbranched alkanes of at least 4 members (excludes halogenated alkanes) is 1. The van der Waals surface area contributed by atoms with Crippen molar-refractivity contribution < 1.29 is 19.5 Å². The molecule has 0 radical (unpaired) electrons. The van der Waals surface area contributed by atoms with E-state index in [0.29, 0.717) is 18.1 Å². The van der Waals surface area contributed by atoms with Gasteiger partial charge in [0.2, 0.25) is 0 Å². The van der Waals surface area contributed by atoms with Crippen LogP contribution < -0.4 is 10.3 Å². The average Bonchev–Trinajstić information content (AvgIpc) is 2.45. The lowest BCUT2D eigenvalue weighted by atomic mass is 10.2. The summed E-state index contributed by atoms with van der Waals surface area (Å²) in [5.41, 5.74) is 3.39. The first-order chi connectivity index (χ1) is 9.63. The Labute approximate surface area is 118 Å². The molecule has 0 heterocycles. The van der Waals surface area contributed by atoms with Crippen LogP contribution in [0.25, 0.3) is 0 Å². The largest absolute Gasteiger partial charge is 0.488 e. The first kappa shape index (κ1) is 16.0. The number of hydrogen-bond donors (Lipinski definition) is 2. The molecule has 0 aliphatic rings. The summed E-state index contributed by atoms with van der Waals surface area (Å²) in [6.07, 6.45) is 2.04. The van der Waals surface area contributed by atoms with Crippen molar-refractivity contribution in [1.82, 2.24) is 5.59 Å². The highest BCUT2D eigenvalue weighted by Gasteiger charge is 2.04. The number of aromatic carboxylic acids is 1. The number of hydrogen-bond acceptors (Lipinski definition) is 5. The van der Waals surface area contributed by atoms with E-state index in [2.05, 4.69) is 17.6 Å². The maximum atomic E-state index is 10.8. The summed E-state index contributed by atoms with van der Waals surface area (Å²) in [7, 11) is 0. The van der Waals surface area contributed by atoms with Gasteiger partial charge < -0.3 is 9.84 Å². The van der Waals surface area contributed by atoms with Gasteiger partial charge in [0.15, 0.2) is 0 Å². The zero-order valence-electron chi connectivity index (χ0n) is 11.8. The van der Waals surface area contributed by atoms with Crippen molar-refractivity contribution in [1.29, 1.82) is 0 Å². The van der Waals surface area contributed by atoms with E-state index >= 15 is 0 Å². The van der Waals surface area contributed by atoms with Crippen molar-refractivity contribution >= 4 is 11.7 Å². The van der Waals surface area contributed by atoms with Gasteiger partial charge in [-0.25, -0.2) is 4.79 Å². The quantitative estimate of drug-likeness (QED) is 0.412. The molecule has 110 valence electrons. The second kappa shape index (κ2) is 8.92. The van der Waals surface area contributed by atoms with Crippen molar-refractivity contribution in [3.63, 3.8) is 0 Å². The molecule has 0 spiro atoms. The Hall–Kier alpha value is -2.08. The molecule has 1 aromatic rings. The standard InChI is InChI=1S/C14H20N2O4/c1-3-4-8-20-16-15-11(2)10-19-13-7-5-6-12(9-13)14(17)18/h5-7,9,16H,3-4,8,10H2,1-2H3,(H,17,18)/b15-11+. The van der Waals surface area contributed by atoms with Gasteiger partial charge in [-0.2, -0.15) is 10.7 Å². The summed E-state index contributed by atoms with van der Waals surface area (Å²) in [5.74, 6) is -0.488. The van der Waals surface area contributed by atoms with Gasteiger partial charge in [-0.05, 0) is 31.5 Å². The fraction of sp³-hybridized carbons (Fsp3) is 0.429. The number of rotatable bonds is 9. The number of nitrogens with zero attached hydrogens (tertiary/aromatic N) is 1. The van der Waals surface area contributed by atoms with E-state index in [9.17, 15) is 4.79 Å². The molecule has 0 atom stereocenters. The van der Waals surface area contributed by atoms with Crippen LogP contribution in [0.5, 0.6) is 5.75 Å². The molecule has 2 N–H and O–H groups in total. The molecule has 6 nitrogen and oxygen atoms in total. The first-order valence-corrected chi connectivity index (χ1v) is 6.49. The molecule has 0 saturated heterocycles. The van der Waals surface area contributed by atoms with Crippen LogP contribution in [-0.4, -0.2) is 30.0 Å². The maximum Gasteiger partial charge on any atom is 0.335 e. The van der Waals surface area contributed by atoms with Crippen LogP contribution in [0.1, 0.15) is 37.0 Å². The summed E-state index contributed by atoms with van der Waals surface area (Å²) in [6, 6.07) is 6.32. The number of carbonyl (C=O) groups is 1. The fourth-order valence-corrected chi connectivity index (χ4v) is 1.31. The van der Waals surface area contributed by atoms with E-state index < -0.39 is 5.97 Å². The van der Waals surface area contributed by atoms with Crippen molar-refractivity contribution in [2.24, 2.45) is 5.10 Å². The fourth-order valence-electron chi connectivity index (χ4n) is 1.31. The third-order valence-electron chi connectivity index (χ3n) is 2.43. The number of benzene rings is 1. The predicted octanol–water partition coefficient (Wildman–Crippen LogP) is 2.46. The SMILES string of the molecule is CCCCON/N=C(\C)COc1cccc(C(=O)O)c1. The molecule has 0 aliphatic heterocycles. The molecule has 0 fully saturated rings. The third kappa shape index (κ3) is 6.19. The molecule has 0 amide bonds. The van der Waals surface area contributed by atoms with Crippen molar-refractivity contribution in [3.8, 4) is 5.75 Å². The van der Waals surface area contributed by atoms with Crippen LogP contribution in [0.2, 0.25) is 0 Å². The minimum atomic E-state index is -0.980. The molecular weight excluding hydrogens is 260 g/mol. The minimum absolute atomic E-state index is 0.193. The highest BCUT2D eigenvalue weighted by molar-refractivity contribution is 5.88. The zero-order valence-corrected chi connectivity index (χ0v) is 11.8. The van der Waals surface area contributed by atoms with Crippen molar-refractivity contribution in [2.45, 2.75) is 26.7 Å². The van der Waals surface area contributed by atoms with Gasteiger partial charge in [0.25, 0.3) is 0 Å². The Morgan fingerprint density at radius 1 is 1.45 bits per heavy atom. The molecule has 1 aromatic carbocycles. The Balaban J connectivity index is 2.36. The molecule has 0 saturated carbocycles. The Bertz CT molecular complexity index is 460. The summed E-state index contributed by atoms with van der Waals surface area (Å²) >= 11 is 0. The number of hydrazone groups is 1. The van der Waals surface area contributed by atoms with Crippen LogP contribution in [0, 0.1) is 0 Å². The normalized spacial score (nSPS) is 11.2. The summed E-state index contributed by atoms with van der Waals surface area (Å²) < 4.78 is 5.45. The second-order valence-electron chi connectivity index (χ2n) is 4.26. The summed E-state index contributed by atoms with van der Waals surface area (Å²) in [5, 5.41) is 12.8. The Kier molecular flexibility index (Phi) is 7.13. The van der Waals surface area contributed by atoms with Gasteiger partial charge in [0.1, 0.15) is 12.4 Å². The van der Waals surface area contributed by atoms with E-state index in [1.165, 1.54) is 12.1 Å². The number of carboxylic acid groups (broad SMARTS) is 1. The molecule has 0 bridgehead atoms. The molecule has 6 heteroatoms. The van der Waals surface area contributed by atoms with Gasteiger partial charge in [0, 0.05) is 0 Å². The van der Waals surface area contributed by atoms with Crippen LogP contribution in [0.15, 0.2) is 29.4 Å². The summed E-state index contributed by atoms with van der Waals surface area (Å²) in [4.78, 5) is 15.9.